The number of hydrogen-bond acceptors (Lipinski definition) is 2. The summed E-state index contributed by atoms with van der Waals surface area (Å²) in [5.41, 5.74) is 2.33. The van der Waals surface area contributed by atoms with Gasteiger partial charge in [-0.1, -0.05) is 12.1 Å². The summed E-state index contributed by atoms with van der Waals surface area (Å²) in [5, 5.41) is 0. The quantitative estimate of drug-likeness (QED) is 0.629. The molecule has 0 aromatic carbocycles. The lowest BCUT2D eigenvalue weighted by Gasteiger charge is -1.85. The van der Waals surface area contributed by atoms with Crippen LogP contribution in [-0.2, 0) is 0 Å². The Labute approximate surface area is 69.4 Å². The lowest BCUT2D eigenvalue weighted by Crippen LogP contribution is -1.98. The second-order valence-corrected chi connectivity index (χ2v) is 2.76. The van der Waals surface area contributed by atoms with Crippen LogP contribution in [0.5, 0.6) is 0 Å². The standard InChI is InChI=1S/C9H8N2O/c1-6-3-2-4-7-8(5-6)11-9(12)10-7/h2-5H,1H3,(H,10,11,12). The van der Waals surface area contributed by atoms with Crippen molar-refractivity contribution >= 4 is 0 Å². The van der Waals surface area contributed by atoms with E-state index in [4.69, 9.17) is 0 Å². The summed E-state index contributed by atoms with van der Waals surface area (Å²) in [6, 6.07) is 7.59. The van der Waals surface area contributed by atoms with Gasteiger partial charge in [-0.05, 0) is 24.6 Å². The molecule has 1 heterocycles. The molecular weight excluding hydrogens is 152 g/mol. The molecule has 1 aliphatic carbocycles. The molecule has 3 heteroatoms. The maximum Gasteiger partial charge on any atom is 0.346 e. The van der Waals surface area contributed by atoms with Crippen LogP contribution in [0.1, 0.15) is 5.56 Å². The normalized spacial score (nSPS) is 10.4. The van der Waals surface area contributed by atoms with Crippen molar-refractivity contribution in [3.63, 3.8) is 0 Å². The molecule has 0 atom stereocenters. The fraction of sp³-hybridized carbons (Fsp3) is 0.111. The average molecular weight is 160 g/mol. The summed E-state index contributed by atoms with van der Waals surface area (Å²) < 4.78 is 0. The first-order chi connectivity index (χ1) is 5.75. The summed E-state index contributed by atoms with van der Waals surface area (Å²) in [6.45, 7) is 1.98. The van der Waals surface area contributed by atoms with Gasteiger partial charge in [-0.3, -0.25) is 0 Å². The van der Waals surface area contributed by atoms with E-state index in [0.717, 1.165) is 11.3 Å². The van der Waals surface area contributed by atoms with Gasteiger partial charge in [0, 0.05) is 0 Å². The molecule has 60 valence electrons. The van der Waals surface area contributed by atoms with Crippen molar-refractivity contribution in [2.45, 2.75) is 6.92 Å². The highest BCUT2D eigenvalue weighted by atomic mass is 16.1. The van der Waals surface area contributed by atoms with Crippen LogP contribution in [0, 0.1) is 6.92 Å². The van der Waals surface area contributed by atoms with Crippen molar-refractivity contribution < 1.29 is 0 Å². The van der Waals surface area contributed by atoms with Crippen LogP contribution in [0.15, 0.2) is 29.1 Å². The van der Waals surface area contributed by atoms with Crippen molar-refractivity contribution in [1.29, 1.82) is 0 Å². The molecule has 1 aliphatic heterocycles. The van der Waals surface area contributed by atoms with Gasteiger partial charge in [0.25, 0.3) is 0 Å². The van der Waals surface area contributed by atoms with E-state index in [2.05, 4.69) is 9.97 Å². The van der Waals surface area contributed by atoms with Gasteiger partial charge >= 0.3 is 5.69 Å². The Hall–Kier alpha value is -1.64. The number of aryl methyl sites for hydroxylation is 1. The molecule has 0 saturated carbocycles. The Kier molecular flexibility index (Phi) is 1.43. The van der Waals surface area contributed by atoms with E-state index < -0.39 is 0 Å². The Bertz CT molecular complexity index is 433. The van der Waals surface area contributed by atoms with E-state index in [-0.39, 0.29) is 5.69 Å². The van der Waals surface area contributed by atoms with Crippen molar-refractivity contribution in [2.24, 2.45) is 0 Å². The molecule has 0 unspecified atom stereocenters. The number of H-pyrrole nitrogens is 1. The van der Waals surface area contributed by atoms with Crippen molar-refractivity contribution in [3.8, 4) is 11.4 Å². The zero-order valence-electron chi connectivity index (χ0n) is 6.66. The molecule has 0 bridgehead atoms. The zero-order valence-corrected chi connectivity index (χ0v) is 6.66. The third-order valence-electron chi connectivity index (χ3n) is 1.72. The van der Waals surface area contributed by atoms with Crippen LogP contribution in [-0.4, -0.2) is 9.97 Å². The fourth-order valence-electron chi connectivity index (χ4n) is 1.18. The van der Waals surface area contributed by atoms with E-state index in [1.165, 1.54) is 0 Å². The number of rotatable bonds is 0. The van der Waals surface area contributed by atoms with Crippen LogP contribution >= 0.6 is 0 Å². The van der Waals surface area contributed by atoms with Crippen molar-refractivity contribution in [1.82, 2.24) is 9.97 Å². The predicted molar refractivity (Wildman–Crippen MR) is 46.2 cm³/mol. The molecule has 0 saturated heterocycles. The number of aromatic amines is 1. The molecule has 12 heavy (non-hydrogen) atoms. The highest BCUT2D eigenvalue weighted by molar-refractivity contribution is 5.55. The molecule has 0 aromatic rings. The molecule has 0 radical (unpaired) electrons. The highest BCUT2D eigenvalue weighted by Gasteiger charge is 2.03. The van der Waals surface area contributed by atoms with Gasteiger partial charge in [0.2, 0.25) is 0 Å². The van der Waals surface area contributed by atoms with Crippen LogP contribution in [0.25, 0.3) is 11.4 Å². The Balaban J connectivity index is 2.81. The minimum Gasteiger partial charge on any atom is -0.304 e. The van der Waals surface area contributed by atoms with Crippen molar-refractivity contribution in [3.05, 3.63) is 40.3 Å². The maximum atomic E-state index is 10.8. The second kappa shape index (κ2) is 2.44. The van der Waals surface area contributed by atoms with Gasteiger partial charge < -0.3 is 4.98 Å². The van der Waals surface area contributed by atoms with Crippen LogP contribution < -0.4 is 5.69 Å². The third-order valence-corrected chi connectivity index (χ3v) is 1.72. The third kappa shape index (κ3) is 1.09. The number of fused-ring (bicyclic) bond motifs is 1. The molecule has 2 rings (SSSR count). The SMILES string of the molecule is Cc1cccc2nc(=O)[nH]c-2c1. The highest BCUT2D eigenvalue weighted by Crippen LogP contribution is 2.13. The first kappa shape index (κ1) is 7.03. The number of nitrogens with one attached hydrogen (secondary N) is 1. The molecule has 0 amide bonds. The fourth-order valence-corrected chi connectivity index (χ4v) is 1.18. The average Bonchev–Trinajstić information content (AvgIpc) is 2.23. The Morgan fingerprint density at radius 1 is 1.42 bits per heavy atom. The Morgan fingerprint density at radius 3 is 3.08 bits per heavy atom. The summed E-state index contributed by atoms with van der Waals surface area (Å²) in [5.74, 6) is 0. The molecule has 1 N–H and O–H groups in total. The van der Waals surface area contributed by atoms with Gasteiger partial charge in [0.1, 0.15) is 0 Å². The summed E-state index contributed by atoms with van der Waals surface area (Å²) >= 11 is 0. The molecule has 3 nitrogen and oxygen atoms in total. The van der Waals surface area contributed by atoms with E-state index >= 15 is 0 Å². The number of nitrogens with zero attached hydrogens (tertiary/aromatic N) is 1. The smallest absolute Gasteiger partial charge is 0.304 e. The van der Waals surface area contributed by atoms with E-state index in [0.29, 0.717) is 5.69 Å². The lowest BCUT2D eigenvalue weighted by atomic mass is 10.3. The minimum absolute atomic E-state index is 0.282. The van der Waals surface area contributed by atoms with Gasteiger partial charge in [0.05, 0.1) is 11.4 Å². The monoisotopic (exact) mass is 160 g/mol. The molecule has 0 aromatic heterocycles. The summed E-state index contributed by atoms with van der Waals surface area (Å²) in [7, 11) is 0. The second-order valence-electron chi connectivity index (χ2n) is 2.76. The van der Waals surface area contributed by atoms with Crippen LogP contribution in [0.4, 0.5) is 0 Å². The van der Waals surface area contributed by atoms with Crippen molar-refractivity contribution in [2.75, 3.05) is 0 Å². The van der Waals surface area contributed by atoms with E-state index in [9.17, 15) is 4.79 Å². The zero-order chi connectivity index (χ0) is 8.55. The number of imidazole rings is 1. The predicted octanol–water partition coefficient (Wildman–Crippen LogP) is 1.18. The van der Waals surface area contributed by atoms with Crippen LogP contribution in [0.2, 0.25) is 0 Å². The van der Waals surface area contributed by atoms with Gasteiger partial charge in [-0.2, -0.15) is 4.98 Å². The topological polar surface area (TPSA) is 45.8 Å². The maximum absolute atomic E-state index is 10.8. The molecule has 2 aliphatic rings. The summed E-state index contributed by atoms with van der Waals surface area (Å²) in [4.78, 5) is 17.3. The van der Waals surface area contributed by atoms with Gasteiger partial charge in [-0.15, -0.1) is 0 Å². The van der Waals surface area contributed by atoms with E-state index in [1.807, 2.05) is 31.2 Å². The van der Waals surface area contributed by atoms with Crippen LogP contribution in [0.3, 0.4) is 0 Å². The van der Waals surface area contributed by atoms with Gasteiger partial charge in [0.15, 0.2) is 0 Å². The van der Waals surface area contributed by atoms with E-state index in [1.54, 1.807) is 0 Å². The van der Waals surface area contributed by atoms with Gasteiger partial charge in [-0.25, -0.2) is 4.79 Å². The first-order valence-corrected chi connectivity index (χ1v) is 3.72. The lowest BCUT2D eigenvalue weighted by molar-refractivity contribution is 1.20. The Morgan fingerprint density at radius 2 is 2.25 bits per heavy atom. The summed E-state index contributed by atoms with van der Waals surface area (Å²) in [6.07, 6.45) is 0. The number of aromatic nitrogens is 2. The largest absolute Gasteiger partial charge is 0.346 e. The first-order valence-electron chi connectivity index (χ1n) is 3.72. The number of hydrogen-bond donors (Lipinski definition) is 1. The minimum atomic E-state index is -0.282. The molecule has 0 fully saturated rings. The molecular formula is C9H8N2O. The molecule has 0 spiro atoms.